The van der Waals surface area contributed by atoms with Gasteiger partial charge in [-0.2, -0.15) is 5.10 Å². The van der Waals surface area contributed by atoms with Crippen molar-refractivity contribution >= 4 is 17.8 Å². The summed E-state index contributed by atoms with van der Waals surface area (Å²) in [5.74, 6) is -0.636. The molecule has 1 unspecified atom stereocenters. The van der Waals surface area contributed by atoms with E-state index in [2.05, 4.69) is 32.1 Å². The van der Waals surface area contributed by atoms with Crippen molar-refractivity contribution in [2.45, 2.75) is 57.7 Å². The Morgan fingerprint density at radius 3 is 2.60 bits per heavy atom. The van der Waals surface area contributed by atoms with Gasteiger partial charge in [0, 0.05) is 36.3 Å². The molecule has 4 heterocycles. The SMILES string of the molecule is CC1c2[nH]nc(NC(=O)c3ccc(OC(F)(F)F)cc3)c2CN1C(=O)N1C[C@@H]2CCCN2C[C@@H]1C. The van der Waals surface area contributed by atoms with E-state index in [1.165, 1.54) is 12.1 Å². The summed E-state index contributed by atoms with van der Waals surface area (Å²) < 4.78 is 40.9. The number of alkyl halides is 3. The van der Waals surface area contributed by atoms with Crippen LogP contribution in [0.3, 0.4) is 0 Å². The first kappa shape index (κ1) is 23.5. The lowest BCUT2D eigenvalue weighted by Gasteiger charge is -2.44. The van der Waals surface area contributed by atoms with E-state index in [-0.39, 0.29) is 23.7 Å². The number of halogens is 3. The van der Waals surface area contributed by atoms with Crippen molar-refractivity contribution in [3.8, 4) is 5.75 Å². The zero-order valence-electron chi connectivity index (χ0n) is 19.4. The van der Waals surface area contributed by atoms with Gasteiger partial charge >= 0.3 is 12.4 Å². The van der Waals surface area contributed by atoms with Gasteiger partial charge in [0.15, 0.2) is 5.82 Å². The third-order valence-electron chi connectivity index (χ3n) is 7.12. The number of anilines is 1. The number of aromatic nitrogens is 2. The summed E-state index contributed by atoms with van der Waals surface area (Å²) in [6.07, 6.45) is -2.53. The maximum atomic E-state index is 13.5. The van der Waals surface area contributed by atoms with Crippen molar-refractivity contribution in [1.82, 2.24) is 24.9 Å². The summed E-state index contributed by atoms with van der Waals surface area (Å²) in [5, 5.41) is 9.83. The number of carbonyl (C=O) groups is 2. The van der Waals surface area contributed by atoms with Gasteiger partial charge in [0.2, 0.25) is 0 Å². The number of ether oxygens (including phenoxy) is 1. The Balaban J connectivity index is 1.26. The van der Waals surface area contributed by atoms with Crippen LogP contribution in [0.2, 0.25) is 0 Å². The number of hydrogen-bond donors (Lipinski definition) is 2. The molecule has 3 amide bonds. The van der Waals surface area contributed by atoms with E-state index in [9.17, 15) is 22.8 Å². The first-order chi connectivity index (χ1) is 16.6. The third-order valence-corrected chi connectivity index (χ3v) is 7.12. The number of piperazine rings is 1. The van der Waals surface area contributed by atoms with Crippen molar-refractivity contribution in [2.75, 3.05) is 25.0 Å². The molecular weight excluding hydrogens is 465 g/mol. The predicted molar refractivity (Wildman–Crippen MR) is 120 cm³/mol. The van der Waals surface area contributed by atoms with Crippen LogP contribution in [-0.2, 0) is 6.54 Å². The average molecular weight is 493 g/mol. The highest BCUT2D eigenvalue weighted by atomic mass is 19.4. The Morgan fingerprint density at radius 1 is 1.14 bits per heavy atom. The summed E-state index contributed by atoms with van der Waals surface area (Å²) in [5.41, 5.74) is 1.64. The van der Waals surface area contributed by atoms with Crippen LogP contribution >= 0.6 is 0 Å². The highest BCUT2D eigenvalue weighted by Crippen LogP contribution is 2.37. The Kier molecular flexibility index (Phi) is 5.86. The number of aromatic amines is 1. The van der Waals surface area contributed by atoms with E-state index in [1.807, 2.05) is 11.8 Å². The zero-order chi connectivity index (χ0) is 24.9. The van der Waals surface area contributed by atoms with Gasteiger partial charge in [-0.25, -0.2) is 4.79 Å². The van der Waals surface area contributed by atoms with E-state index in [4.69, 9.17) is 0 Å². The molecule has 2 saturated heterocycles. The highest BCUT2D eigenvalue weighted by Gasteiger charge is 2.42. The van der Waals surface area contributed by atoms with Crippen molar-refractivity contribution in [3.63, 3.8) is 0 Å². The summed E-state index contributed by atoms with van der Waals surface area (Å²) >= 11 is 0. The maximum Gasteiger partial charge on any atom is 0.573 e. The molecule has 12 heteroatoms. The molecule has 3 atom stereocenters. The molecule has 188 valence electrons. The van der Waals surface area contributed by atoms with Crippen LogP contribution < -0.4 is 10.1 Å². The lowest BCUT2D eigenvalue weighted by molar-refractivity contribution is -0.274. The second-order valence-corrected chi connectivity index (χ2v) is 9.37. The van der Waals surface area contributed by atoms with Crippen molar-refractivity contribution in [1.29, 1.82) is 0 Å². The standard InChI is InChI=1S/C23H27F3N6O3/c1-13-10-30-9-3-4-16(30)11-31(13)22(34)32-12-18-19(14(32)2)28-29-20(18)27-21(33)15-5-7-17(8-6-15)35-23(24,25)26/h5-8,13-14,16H,3-4,9-12H2,1-2H3,(H2,27,28,29,33)/t13-,14?,16-/m0/s1. The highest BCUT2D eigenvalue weighted by molar-refractivity contribution is 6.04. The molecule has 0 spiro atoms. The Morgan fingerprint density at radius 2 is 1.89 bits per heavy atom. The fourth-order valence-electron chi connectivity index (χ4n) is 5.29. The molecule has 3 aliphatic heterocycles. The first-order valence-corrected chi connectivity index (χ1v) is 11.7. The molecule has 0 radical (unpaired) electrons. The molecule has 9 nitrogen and oxygen atoms in total. The van der Waals surface area contributed by atoms with Crippen LogP contribution in [0.1, 0.15) is 54.3 Å². The predicted octanol–water partition coefficient (Wildman–Crippen LogP) is 3.73. The van der Waals surface area contributed by atoms with E-state index in [0.29, 0.717) is 24.9 Å². The van der Waals surface area contributed by atoms with Crippen LogP contribution in [0.15, 0.2) is 24.3 Å². The minimum Gasteiger partial charge on any atom is -0.406 e. The quantitative estimate of drug-likeness (QED) is 0.681. The van der Waals surface area contributed by atoms with Gasteiger partial charge in [-0.05, 0) is 57.5 Å². The first-order valence-electron chi connectivity index (χ1n) is 11.7. The van der Waals surface area contributed by atoms with Gasteiger partial charge in [0.05, 0.1) is 18.3 Å². The van der Waals surface area contributed by atoms with Gasteiger partial charge < -0.3 is 19.9 Å². The van der Waals surface area contributed by atoms with Gasteiger partial charge in [-0.15, -0.1) is 13.2 Å². The summed E-state index contributed by atoms with van der Waals surface area (Å²) in [7, 11) is 0. The molecule has 2 aromatic rings. The van der Waals surface area contributed by atoms with E-state index in [0.717, 1.165) is 49.3 Å². The summed E-state index contributed by atoms with van der Waals surface area (Å²) in [6, 6.07) is 4.90. The number of H-pyrrole nitrogens is 1. The van der Waals surface area contributed by atoms with Crippen LogP contribution in [0.5, 0.6) is 5.75 Å². The number of hydrogen-bond acceptors (Lipinski definition) is 5. The van der Waals surface area contributed by atoms with E-state index >= 15 is 0 Å². The molecule has 2 N–H and O–H groups in total. The second-order valence-electron chi connectivity index (χ2n) is 9.37. The lowest BCUT2D eigenvalue weighted by atomic mass is 10.1. The van der Waals surface area contributed by atoms with Crippen molar-refractivity contribution < 1.29 is 27.5 Å². The number of amides is 3. The number of nitrogens with one attached hydrogen (secondary N) is 2. The molecular formula is C23H27F3N6O3. The lowest BCUT2D eigenvalue weighted by Crippen LogP contribution is -2.59. The summed E-state index contributed by atoms with van der Waals surface area (Å²) in [6.45, 7) is 6.98. The Labute approximate surface area is 200 Å². The minimum absolute atomic E-state index is 0.0290. The Hall–Kier alpha value is -3.28. The van der Waals surface area contributed by atoms with Crippen molar-refractivity contribution in [2.24, 2.45) is 0 Å². The molecule has 5 rings (SSSR count). The smallest absolute Gasteiger partial charge is 0.406 e. The van der Waals surface area contributed by atoms with E-state index in [1.54, 1.807) is 4.90 Å². The number of urea groups is 1. The molecule has 0 saturated carbocycles. The number of carbonyl (C=O) groups excluding carboxylic acids is 2. The largest absolute Gasteiger partial charge is 0.573 e. The van der Waals surface area contributed by atoms with Crippen molar-refractivity contribution in [3.05, 3.63) is 41.1 Å². The average Bonchev–Trinajstić information content (AvgIpc) is 3.49. The van der Waals surface area contributed by atoms with Crippen LogP contribution in [0.4, 0.5) is 23.8 Å². The van der Waals surface area contributed by atoms with Gasteiger partial charge in [0.25, 0.3) is 5.91 Å². The number of rotatable bonds is 3. The number of nitrogens with zero attached hydrogens (tertiary/aromatic N) is 4. The zero-order valence-corrected chi connectivity index (χ0v) is 19.4. The second kappa shape index (κ2) is 8.74. The maximum absolute atomic E-state index is 13.5. The molecule has 1 aromatic carbocycles. The molecule has 1 aromatic heterocycles. The monoisotopic (exact) mass is 492 g/mol. The third kappa shape index (κ3) is 4.54. The van der Waals surface area contributed by atoms with Gasteiger partial charge in [-0.1, -0.05) is 0 Å². The Bertz CT molecular complexity index is 1120. The normalized spacial score (nSPS) is 24.3. The molecule has 3 aliphatic rings. The number of benzene rings is 1. The van der Waals surface area contributed by atoms with E-state index < -0.39 is 18.0 Å². The number of fused-ring (bicyclic) bond motifs is 2. The minimum atomic E-state index is -4.80. The molecule has 2 fully saturated rings. The molecule has 0 aliphatic carbocycles. The molecule has 0 bridgehead atoms. The van der Waals surface area contributed by atoms with Gasteiger partial charge in [-0.3, -0.25) is 14.8 Å². The van der Waals surface area contributed by atoms with Crippen LogP contribution in [0, 0.1) is 0 Å². The fraction of sp³-hybridized carbons (Fsp3) is 0.522. The van der Waals surface area contributed by atoms with Crippen LogP contribution in [0.25, 0.3) is 0 Å². The molecule has 35 heavy (non-hydrogen) atoms. The van der Waals surface area contributed by atoms with Crippen LogP contribution in [-0.4, -0.2) is 74.9 Å². The fourth-order valence-corrected chi connectivity index (χ4v) is 5.29. The topological polar surface area (TPSA) is 93.8 Å². The van der Waals surface area contributed by atoms with Gasteiger partial charge in [0.1, 0.15) is 5.75 Å². The summed E-state index contributed by atoms with van der Waals surface area (Å²) in [4.78, 5) is 32.4.